The topological polar surface area (TPSA) is 55.6 Å². The van der Waals surface area contributed by atoms with Gasteiger partial charge in [-0.2, -0.15) is 0 Å². The molecule has 0 aliphatic rings. The second-order valence-electron chi connectivity index (χ2n) is 4.43. The molecule has 0 atom stereocenters. The summed E-state index contributed by atoms with van der Waals surface area (Å²) in [7, 11) is 1.74. The lowest BCUT2D eigenvalue weighted by Crippen LogP contribution is -2.30. The third-order valence-electron chi connectivity index (χ3n) is 2.80. The van der Waals surface area contributed by atoms with Gasteiger partial charge in [0, 0.05) is 24.5 Å². The average molecular weight is 359 g/mol. The molecule has 0 fully saturated rings. The van der Waals surface area contributed by atoms with E-state index in [4.69, 9.17) is 22.7 Å². The lowest BCUT2D eigenvalue weighted by Gasteiger charge is -2.16. The molecular formula is C14H19BrN2O2S. The number of nitrogens with two attached hydrogens (primary N) is 1. The molecule has 0 radical (unpaired) electrons. The number of amides is 1. The van der Waals surface area contributed by atoms with Gasteiger partial charge in [0.25, 0.3) is 0 Å². The molecule has 0 bridgehead atoms. The molecular weight excluding hydrogens is 340 g/mol. The maximum atomic E-state index is 11.8. The number of benzene rings is 1. The Morgan fingerprint density at radius 2 is 2.10 bits per heavy atom. The van der Waals surface area contributed by atoms with E-state index < -0.39 is 0 Å². The van der Waals surface area contributed by atoms with E-state index in [1.807, 2.05) is 24.3 Å². The van der Waals surface area contributed by atoms with E-state index in [2.05, 4.69) is 15.9 Å². The largest absolute Gasteiger partial charge is 0.393 e. The molecule has 20 heavy (non-hydrogen) atoms. The zero-order valence-electron chi connectivity index (χ0n) is 11.5. The van der Waals surface area contributed by atoms with Gasteiger partial charge in [-0.25, -0.2) is 0 Å². The van der Waals surface area contributed by atoms with Crippen LogP contribution in [0.4, 0.5) is 0 Å². The molecule has 4 nitrogen and oxygen atoms in total. The maximum Gasteiger partial charge on any atom is 0.224 e. The standard InChI is InChI=1S/C14H19BrN2O2S/c1-17(8-6-13(16)20)14(18)7-9-19-10-11-4-2-3-5-12(11)15/h2-5H,6-10H2,1H3,(H2,16,20). The molecule has 0 unspecified atom stereocenters. The molecule has 1 aromatic rings. The molecule has 0 saturated carbocycles. The molecule has 0 aliphatic carbocycles. The van der Waals surface area contributed by atoms with Crippen LogP contribution < -0.4 is 5.73 Å². The van der Waals surface area contributed by atoms with Crippen LogP contribution >= 0.6 is 28.1 Å². The van der Waals surface area contributed by atoms with Gasteiger partial charge in [0.15, 0.2) is 0 Å². The van der Waals surface area contributed by atoms with E-state index in [1.54, 1.807) is 11.9 Å². The molecule has 0 saturated heterocycles. The van der Waals surface area contributed by atoms with Gasteiger partial charge in [-0.3, -0.25) is 4.79 Å². The van der Waals surface area contributed by atoms with Crippen LogP contribution in [0, 0.1) is 0 Å². The first-order valence-electron chi connectivity index (χ1n) is 6.34. The molecule has 1 rings (SSSR count). The van der Waals surface area contributed by atoms with E-state index in [0.717, 1.165) is 10.0 Å². The van der Waals surface area contributed by atoms with Crippen LogP contribution in [-0.4, -0.2) is 36.0 Å². The number of nitrogens with zero attached hydrogens (tertiary/aromatic N) is 1. The maximum absolute atomic E-state index is 11.8. The third kappa shape index (κ3) is 6.45. The Kier molecular flexibility index (Phi) is 7.72. The molecule has 110 valence electrons. The van der Waals surface area contributed by atoms with Crippen molar-refractivity contribution >= 4 is 39.0 Å². The first-order chi connectivity index (χ1) is 9.50. The number of ether oxygens (including phenoxy) is 1. The molecule has 1 aromatic carbocycles. The zero-order valence-corrected chi connectivity index (χ0v) is 13.9. The van der Waals surface area contributed by atoms with Crippen molar-refractivity contribution in [1.82, 2.24) is 4.90 Å². The van der Waals surface area contributed by atoms with Gasteiger partial charge in [0.1, 0.15) is 0 Å². The van der Waals surface area contributed by atoms with Gasteiger partial charge >= 0.3 is 0 Å². The highest BCUT2D eigenvalue weighted by Crippen LogP contribution is 2.16. The summed E-state index contributed by atoms with van der Waals surface area (Å²) in [5.41, 5.74) is 6.48. The van der Waals surface area contributed by atoms with Gasteiger partial charge in [-0.1, -0.05) is 46.3 Å². The predicted octanol–water partition coefficient (Wildman–Crippen LogP) is 2.49. The summed E-state index contributed by atoms with van der Waals surface area (Å²) in [5.74, 6) is 0.0355. The molecule has 2 N–H and O–H groups in total. The van der Waals surface area contributed by atoms with E-state index in [0.29, 0.717) is 37.6 Å². The number of halogens is 1. The fourth-order valence-corrected chi connectivity index (χ4v) is 2.04. The number of hydrogen-bond donors (Lipinski definition) is 1. The van der Waals surface area contributed by atoms with Crippen LogP contribution in [0.25, 0.3) is 0 Å². The minimum absolute atomic E-state index is 0.0355. The molecule has 0 heterocycles. The van der Waals surface area contributed by atoms with E-state index in [1.165, 1.54) is 0 Å². The zero-order chi connectivity index (χ0) is 15.0. The van der Waals surface area contributed by atoms with Gasteiger partial charge in [-0.15, -0.1) is 0 Å². The van der Waals surface area contributed by atoms with Crippen molar-refractivity contribution in [2.45, 2.75) is 19.4 Å². The highest BCUT2D eigenvalue weighted by molar-refractivity contribution is 9.10. The fraction of sp³-hybridized carbons (Fsp3) is 0.429. The Morgan fingerprint density at radius 1 is 1.40 bits per heavy atom. The van der Waals surface area contributed by atoms with E-state index in [-0.39, 0.29) is 5.91 Å². The summed E-state index contributed by atoms with van der Waals surface area (Å²) in [6.07, 6.45) is 0.910. The van der Waals surface area contributed by atoms with Crippen LogP contribution in [0.15, 0.2) is 28.7 Å². The van der Waals surface area contributed by atoms with E-state index >= 15 is 0 Å². The highest BCUT2D eigenvalue weighted by atomic mass is 79.9. The van der Waals surface area contributed by atoms with Crippen LogP contribution in [0.3, 0.4) is 0 Å². The van der Waals surface area contributed by atoms with Gasteiger partial charge < -0.3 is 15.4 Å². The van der Waals surface area contributed by atoms with Crippen LogP contribution in [0.5, 0.6) is 0 Å². The average Bonchev–Trinajstić information content (AvgIpc) is 2.42. The minimum Gasteiger partial charge on any atom is -0.393 e. The second kappa shape index (κ2) is 9.05. The molecule has 0 aliphatic heterocycles. The van der Waals surface area contributed by atoms with Crippen molar-refractivity contribution in [1.29, 1.82) is 0 Å². The number of carbonyl (C=O) groups is 1. The first kappa shape index (κ1) is 17.1. The number of carbonyl (C=O) groups excluding carboxylic acids is 1. The van der Waals surface area contributed by atoms with Crippen molar-refractivity contribution in [3.05, 3.63) is 34.3 Å². The predicted molar refractivity (Wildman–Crippen MR) is 87.5 cm³/mol. The van der Waals surface area contributed by atoms with Gasteiger partial charge in [-0.05, 0) is 11.6 Å². The summed E-state index contributed by atoms with van der Waals surface area (Å²) in [4.78, 5) is 13.8. The van der Waals surface area contributed by atoms with Crippen LogP contribution in [0.2, 0.25) is 0 Å². The monoisotopic (exact) mass is 358 g/mol. The Labute approximate surface area is 133 Å². The van der Waals surface area contributed by atoms with Gasteiger partial charge in [0.05, 0.1) is 24.6 Å². The van der Waals surface area contributed by atoms with Crippen molar-refractivity contribution in [3.8, 4) is 0 Å². The highest BCUT2D eigenvalue weighted by Gasteiger charge is 2.08. The first-order valence-corrected chi connectivity index (χ1v) is 7.54. The fourth-order valence-electron chi connectivity index (χ4n) is 1.55. The smallest absolute Gasteiger partial charge is 0.224 e. The summed E-state index contributed by atoms with van der Waals surface area (Å²) >= 11 is 8.24. The summed E-state index contributed by atoms with van der Waals surface area (Å²) < 4.78 is 6.53. The number of hydrogen-bond acceptors (Lipinski definition) is 3. The Hall–Kier alpha value is -0.980. The van der Waals surface area contributed by atoms with Crippen molar-refractivity contribution < 1.29 is 9.53 Å². The molecule has 1 amide bonds. The molecule has 6 heteroatoms. The van der Waals surface area contributed by atoms with Crippen LogP contribution in [0.1, 0.15) is 18.4 Å². The van der Waals surface area contributed by atoms with Crippen molar-refractivity contribution in [3.63, 3.8) is 0 Å². The molecule has 0 spiro atoms. The number of thiocarbonyl (C=S) groups is 1. The third-order valence-corrected chi connectivity index (χ3v) is 3.77. The van der Waals surface area contributed by atoms with Gasteiger partial charge in [0.2, 0.25) is 5.91 Å². The van der Waals surface area contributed by atoms with Crippen molar-refractivity contribution in [2.75, 3.05) is 20.2 Å². The lowest BCUT2D eigenvalue weighted by atomic mass is 10.2. The summed E-state index contributed by atoms with van der Waals surface area (Å²) in [6.45, 7) is 1.45. The second-order valence-corrected chi connectivity index (χ2v) is 5.80. The Bertz CT molecular complexity index is 468. The minimum atomic E-state index is 0.0355. The summed E-state index contributed by atoms with van der Waals surface area (Å²) in [5, 5.41) is 0. The molecule has 0 aromatic heterocycles. The Morgan fingerprint density at radius 3 is 2.75 bits per heavy atom. The SMILES string of the molecule is CN(CCC(N)=S)C(=O)CCOCc1ccccc1Br. The summed E-state index contributed by atoms with van der Waals surface area (Å²) in [6, 6.07) is 7.86. The normalized spacial score (nSPS) is 10.3. The van der Waals surface area contributed by atoms with Crippen molar-refractivity contribution in [2.24, 2.45) is 5.73 Å². The quantitative estimate of drug-likeness (QED) is 0.572. The van der Waals surface area contributed by atoms with E-state index in [9.17, 15) is 4.79 Å². The lowest BCUT2D eigenvalue weighted by molar-refractivity contribution is -0.131. The Balaban J connectivity index is 2.22. The van der Waals surface area contributed by atoms with Crippen LogP contribution in [-0.2, 0) is 16.1 Å². The number of rotatable bonds is 8.